The Bertz CT molecular complexity index is 569. The fraction of sp³-hybridized carbons (Fsp3) is 0.538. The van der Waals surface area contributed by atoms with Gasteiger partial charge < -0.3 is 10.1 Å². The maximum Gasteiger partial charge on any atom is 0.243 e. The van der Waals surface area contributed by atoms with Crippen LogP contribution in [0.2, 0.25) is 5.02 Å². The highest BCUT2D eigenvalue weighted by atomic mass is 35.5. The molecule has 2 rings (SSSR count). The number of hydrogen-bond donors (Lipinski definition) is 1. The summed E-state index contributed by atoms with van der Waals surface area (Å²) >= 11 is 6.00. The standard InChI is InChI=1S/C13H19ClN2O3S/c1-15-10-5-7-16(8-6-10)20(17,18)11-3-4-13(19-2)12(14)9-11/h3-4,9-10,15H,5-8H2,1-2H3. The molecule has 0 aliphatic carbocycles. The van der Waals surface area contributed by atoms with Crippen molar-refractivity contribution >= 4 is 21.6 Å². The molecule has 1 heterocycles. The van der Waals surface area contributed by atoms with Crippen molar-refractivity contribution in [1.29, 1.82) is 0 Å². The second-order valence-electron chi connectivity index (χ2n) is 4.76. The number of hydrogen-bond acceptors (Lipinski definition) is 4. The molecule has 1 N–H and O–H groups in total. The Labute approximate surface area is 124 Å². The van der Waals surface area contributed by atoms with Gasteiger partial charge in [0.1, 0.15) is 5.75 Å². The fourth-order valence-electron chi connectivity index (χ4n) is 2.34. The van der Waals surface area contributed by atoms with E-state index in [1.807, 2.05) is 7.05 Å². The Morgan fingerprint density at radius 3 is 2.50 bits per heavy atom. The summed E-state index contributed by atoms with van der Waals surface area (Å²) in [7, 11) is -0.0768. The zero-order valence-corrected chi connectivity index (χ0v) is 13.2. The van der Waals surface area contributed by atoms with Gasteiger partial charge >= 0.3 is 0 Å². The molecule has 0 amide bonds. The Morgan fingerprint density at radius 2 is 2.00 bits per heavy atom. The number of ether oxygens (including phenoxy) is 1. The summed E-state index contributed by atoms with van der Waals surface area (Å²) in [6.45, 7) is 1.05. The summed E-state index contributed by atoms with van der Waals surface area (Å²) in [6.07, 6.45) is 1.64. The highest BCUT2D eigenvalue weighted by Gasteiger charge is 2.29. The number of rotatable bonds is 4. The quantitative estimate of drug-likeness (QED) is 0.918. The summed E-state index contributed by atoms with van der Waals surface area (Å²) in [6, 6.07) is 4.94. The van der Waals surface area contributed by atoms with Crippen molar-refractivity contribution in [1.82, 2.24) is 9.62 Å². The topological polar surface area (TPSA) is 58.6 Å². The molecule has 0 atom stereocenters. The third kappa shape index (κ3) is 3.09. The van der Waals surface area contributed by atoms with Gasteiger partial charge in [-0.15, -0.1) is 0 Å². The lowest BCUT2D eigenvalue weighted by atomic mass is 10.1. The fourth-order valence-corrected chi connectivity index (χ4v) is 4.16. The third-order valence-corrected chi connectivity index (χ3v) is 5.81. The number of nitrogens with zero attached hydrogens (tertiary/aromatic N) is 1. The van der Waals surface area contributed by atoms with Gasteiger partial charge in [-0.3, -0.25) is 0 Å². The summed E-state index contributed by atoms with van der Waals surface area (Å²) < 4.78 is 31.6. The molecule has 1 fully saturated rings. The first kappa shape index (κ1) is 15.6. The van der Waals surface area contributed by atoms with E-state index in [9.17, 15) is 8.42 Å². The van der Waals surface area contributed by atoms with Crippen molar-refractivity contribution in [3.63, 3.8) is 0 Å². The summed E-state index contributed by atoms with van der Waals surface area (Å²) in [5, 5.41) is 3.49. The number of piperidine rings is 1. The third-order valence-electron chi connectivity index (χ3n) is 3.62. The van der Waals surface area contributed by atoms with E-state index in [1.54, 1.807) is 6.07 Å². The summed E-state index contributed by atoms with van der Waals surface area (Å²) in [5.74, 6) is 0.472. The first-order valence-electron chi connectivity index (χ1n) is 6.50. The number of benzene rings is 1. The summed E-state index contributed by atoms with van der Waals surface area (Å²) in [4.78, 5) is 0.214. The molecule has 7 heteroatoms. The van der Waals surface area contributed by atoms with Gasteiger partial charge in [-0.1, -0.05) is 11.6 Å². The van der Waals surface area contributed by atoms with E-state index in [-0.39, 0.29) is 4.90 Å². The molecule has 5 nitrogen and oxygen atoms in total. The van der Waals surface area contributed by atoms with E-state index in [4.69, 9.17) is 16.3 Å². The zero-order valence-electron chi connectivity index (χ0n) is 11.6. The Kier molecular flexibility index (Phi) is 4.90. The highest BCUT2D eigenvalue weighted by Crippen LogP contribution is 2.29. The molecule has 0 aromatic heterocycles. The van der Waals surface area contributed by atoms with Crippen LogP contribution in [0.25, 0.3) is 0 Å². The second-order valence-corrected chi connectivity index (χ2v) is 7.11. The van der Waals surface area contributed by atoms with Crippen LogP contribution in [0.4, 0.5) is 0 Å². The zero-order chi connectivity index (χ0) is 14.8. The lowest BCUT2D eigenvalue weighted by molar-refractivity contribution is 0.298. The minimum Gasteiger partial charge on any atom is -0.495 e. The van der Waals surface area contributed by atoms with Gasteiger partial charge in [0.05, 0.1) is 17.0 Å². The molecule has 0 spiro atoms. The minimum atomic E-state index is -3.48. The average molecular weight is 319 g/mol. The number of halogens is 1. The molecule has 1 aliphatic rings. The van der Waals surface area contributed by atoms with Gasteiger partial charge in [0, 0.05) is 19.1 Å². The van der Waals surface area contributed by atoms with Crippen LogP contribution >= 0.6 is 11.6 Å². The van der Waals surface area contributed by atoms with Crippen LogP contribution in [0.5, 0.6) is 5.75 Å². The van der Waals surface area contributed by atoms with Crippen LogP contribution in [0.3, 0.4) is 0 Å². The average Bonchev–Trinajstić information content (AvgIpc) is 2.47. The van der Waals surface area contributed by atoms with E-state index in [0.717, 1.165) is 12.8 Å². The molecule has 0 unspecified atom stereocenters. The molecule has 20 heavy (non-hydrogen) atoms. The molecule has 0 saturated carbocycles. The maximum absolute atomic E-state index is 12.5. The van der Waals surface area contributed by atoms with Crippen molar-refractivity contribution in [2.24, 2.45) is 0 Å². The smallest absolute Gasteiger partial charge is 0.243 e. The lowest BCUT2D eigenvalue weighted by Crippen LogP contribution is -2.43. The van der Waals surface area contributed by atoms with E-state index < -0.39 is 10.0 Å². The molecule has 112 valence electrons. The van der Waals surface area contributed by atoms with Gasteiger partial charge in [0.25, 0.3) is 0 Å². The van der Waals surface area contributed by atoms with Gasteiger partial charge in [0.15, 0.2) is 0 Å². The molecule has 1 aromatic carbocycles. The van der Waals surface area contributed by atoms with Crippen molar-refractivity contribution in [2.75, 3.05) is 27.2 Å². The molecule has 0 radical (unpaired) electrons. The van der Waals surface area contributed by atoms with Crippen LogP contribution < -0.4 is 10.1 Å². The van der Waals surface area contributed by atoms with E-state index in [1.165, 1.54) is 23.5 Å². The van der Waals surface area contributed by atoms with Crippen LogP contribution in [0.15, 0.2) is 23.1 Å². The molecule has 1 aliphatic heterocycles. The van der Waals surface area contributed by atoms with Crippen LogP contribution in [0.1, 0.15) is 12.8 Å². The van der Waals surface area contributed by atoms with E-state index in [2.05, 4.69) is 5.32 Å². The Hall–Kier alpha value is -0.820. The predicted octanol–water partition coefficient (Wildman–Crippen LogP) is 1.72. The van der Waals surface area contributed by atoms with Crippen molar-refractivity contribution in [3.05, 3.63) is 23.2 Å². The first-order chi connectivity index (χ1) is 9.48. The Balaban J connectivity index is 2.20. The molecule has 0 bridgehead atoms. The number of sulfonamides is 1. The molecular formula is C13H19ClN2O3S. The SMILES string of the molecule is CNC1CCN(S(=O)(=O)c2ccc(OC)c(Cl)c2)CC1. The highest BCUT2D eigenvalue weighted by molar-refractivity contribution is 7.89. The minimum absolute atomic E-state index is 0.214. The molecule has 1 saturated heterocycles. The number of methoxy groups -OCH3 is 1. The van der Waals surface area contributed by atoms with Crippen LogP contribution in [-0.2, 0) is 10.0 Å². The second kappa shape index (κ2) is 6.30. The summed E-state index contributed by atoms with van der Waals surface area (Å²) in [5.41, 5.74) is 0. The van der Waals surface area contributed by atoms with Gasteiger partial charge in [-0.05, 0) is 38.1 Å². The lowest BCUT2D eigenvalue weighted by Gasteiger charge is -2.31. The van der Waals surface area contributed by atoms with Crippen LogP contribution in [-0.4, -0.2) is 46.0 Å². The largest absolute Gasteiger partial charge is 0.495 e. The monoisotopic (exact) mass is 318 g/mol. The van der Waals surface area contributed by atoms with Gasteiger partial charge in [-0.2, -0.15) is 4.31 Å². The van der Waals surface area contributed by atoms with Crippen molar-refractivity contribution < 1.29 is 13.2 Å². The molecular weight excluding hydrogens is 300 g/mol. The van der Waals surface area contributed by atoms with Gasteiger partial charge in [-0.25, -0.2) is 8.42 Å². The first-order valence-corrected chi connectivity index (χ1v) is 8.32. The van der Waals surface area contributed by atoms with Gasteiger partial charge in [0.2, 0.25) is 10.0 Å². The Morgan fingerprint density at radius 1 is 1.35 bits per heavy atom. The van der Waals surface area contributed by atoms with E-state index in [0.29, 0.717) is 29.9 Å². The maximum atomic E-state index is 12.5. The predicted molar refractivity (Wildman–Crippen MR) is 78.8 cm³/mol. The van der Waals surface area contributed by atoms with Crippen LogP contribution in [0, 0.1) is 0 Å². The normalized spacial score (nSPS) is 18.1. The van der Waals surface area contributed by atoms with Crippen molar-refractivity contribution in [2.45, 2.75) is 23.8 Å². The van der Waals surface area contributed by atoms with Crippen molar-refractivity contribution in [3.8, 4) is 5.75 Å². The van der Waals surface area contributed by atoms with E-state index >= 15 is 0 Å². The number of nitrogens with one attached hydrogen (secondary N) is 1. The molecule has 1 aromatic rings.